The third kappa shape index (κ3) is 2.89. The molecule has 0 spiro atoms. The van der Waals surface area contributed by atoms with Gasteiger partial charge in [0.2, 0.25) is 5.91 Å². The van der Waals surface area contributed by atoms with E-state index in [0.29, 0.717) is 31.9 Å². The first-order valence-corrected chi connectivity index (χ1v) is 8.92. The number of nitrogens with zero attached hydrogens (tertiary/aromatic N) is 3. The van der Waals surface area contributed by atoms with Crippen LogP contribution in [-0.2, 0) is 4.79 Å². The first kappa shape index (κ1) is 16.1. The number of carbonyl (C=O) groups is 2. The number of piperazine rings is 1. The zero-order chi connectivity index (χ0) is 17.4. The first-order chi connectivity index (χ1) is 12.1. The molecule has 2 fully saturated rings. The van der Waals surface area contributed by atoms with Gasteiger partial charge in [-0.25, -0.2) is 0 Å². The van der Waals surface area contributed by atoms with Gasteiger partial charge in [-0.1, -0.05) is 24.6 Å². The van der Waals surface area contributed by atoms with Crippen LogP contribution in [0.15, 0.2) is 24.3 Å². The summed E-state index contributed by atoms with van der Waals surface area (Å²) in [4.78, 5) is 29.0. The number of hydrogen-bond acceptors (Lipinski definition) is 4. The van der Waals surface area contributed by atoms with Gasteiger partial charge in [0, 0.05) is 37.6 Å². The fraction of sp³-hybridized carbons (Fsp3) is 0.500. The molecule has 1 aromatic heterocycles. The summed E-state index contributed by atoms with van der Waals surface area (Å²) in [5.74, 6) is 0.0296. The lowest BCUT2D eigenvalue weighted by atomic mass is 10.0. The van der Waals surface area contributed by atoms with Gasteiger partial charge in [0.05, 0.1) is 11.4 Å². The lowest BCUT2D eigenvalue weighted by molar-refractivity contribution is -0.137. The number of hydrogen-bond donors (Lipinski definition) is 2. The summed E-state index contributed by atoms with van der Waals surface area (Å²) in [5, 5.41) is 7.92. The lowest BCUT2D eigenvalue weighted by Gasteiger charge is -2.36. The van der Waals surface area contributed by atoms with E-state index in [1.54, 1.807) is 4.90 Å². The average Bonchev–Trinajstić information content (AvgIpc) is 3.27. The normalized spacial score (nSPS) is 24.0. The van der Waals surface area contributed by atoms with Crippen LogP contribution in [0.5, 0.6) is 0 Å². The molecule has 2 amide bonds. The summed E-state index contributed by atoms with van der Waals surface area (Å²) in [6.07, 6.45) is 2.85. The van der Waals surface area contributed by atoms with E-state index in [4.69, 9.17) is 5.73 Å². The molecule has 2 aliphatic rings. The van der Waals surface area contributed by atoms with Crippen LogP contribution in [0.4, 0.5) is 0 Å². The highest BCUT2D eigenvalue weighted by Crippen LogP contribution is 2.26. The fourth-order valence-corrected chi connectivity index (χ4v) is 3.94. The molecule has 1 aromatic carbocycles. The molecular formula is C18H23N5O2. The Kier molecular flexibility index (Phi) is 4.17. The second kappa shape index (κ2) is 6.48. The second-order valence-corrected chi connectivity index (χ2v) is 6.94. The van der Waals surface area contributed by atoms with Gasteiger partial charge in [-0.15, -0.1) is 0 Å². The topological polar surface area (TPSA) is 95.3 Å². The molecular weight excluding hydrogens is 318 g/mol. The van der Waals surface area contributed by atoms with E-state index < -0.39 is 0 Å². The van der Waals surface area contributed by atoms with Gasteiger partial charge in [-0.2, -0.15) is 5.10 Å². The number of H-pyrrole nitrogens is 1. The molecule has 1 aliphatic heterocycles. The van der Waals surface area contributed by atoms with Gasteiger partial charge >= 0.3 is 0 Å². The Hall–Kier alpha value is -2.41. The minimum absolute atomic E-state index is 0.0115. The molecule has 2 atom stereocenters. The number of rotatable bonds is 2. The maximum absolute atomic E-state index is 12.8. The summed E-state index contributed by atoms with van der Waals surface area (Å²) in [5.41, 5.74) is 7.36. The number of carbonyl (C=O) groups excluding carboxylic acids is 2. The van der Waals surface area contributed by atoms with Crippen molar-refractivity contribution >= 4 is 22.7 Å². The fourth-order valence-electron chi connectivity index (χ4n) is 3.94. The molecule has 7 heteroatoms. The van der Waals surface area contributed by atoms with Crippen molar-refractivity contribution in [2.45, 2.75) is 25.3 Å². The third-order valence-electron chi connectivity index (χ3n) is 5.44. The van der Waals surface area contributed by atoms with Crippen LogP contribution >= 0.6 is 0 Å². The predicted octanol–water partition coefficient (Wildman–Crippen LogP) is 0.975. The summed E-state index contributed by atoms with van der Waals surface area (Å²) in [7, 11) is 0. The van der Waals surface area contributed by atoms with Crippen molar-refractivity contribution in [3.05, 3.63) is 30.0 Å². The highest BCUT2D eigenvalue weighted by Gasteiger charge is 2.35. The van der Waals surface area contributed by atoms with Crippen molar-refractivity contribution in [2.75, 3.05) is 26.2 Å². The van der Waals surface area contributed by atoms with Crippen molar-refractivity contribution in [3.63, 3.8) is 0 Å². The van der Waals surface area contributed by atoms with Crippen LogP contribution in [-0.4, -0.2) is 64.0 Å². The molecule has 2 unspecified atom stereocenters. The van der Waals surface area contributed by atoms with Crippen LogP contribution in [0.1, 0.15) is 29.8 Å². The second-order valence-electron chi connectivity index (χ2n) is 6.94. The first-order valence-electron chi connectivity index (χ1n) is 8.92. The predicted molar refractivity (Wildman–Crippen MR) is 93.9 cm³/mol. The lowest BCUT2D eigenvalue weighted by Crippen LogP contribution is -2.53. The van der Waals surface area contributed by atoms with Gasteiger partial charge in [0.15, 0.2) is 5.69 Å². The van der Waals surface area contributed by atoms with E-state index in [0.717, 1.165) is 30.2 Å². The van der Waals surface area contributed by atoms with Crippen LogP contribution in [0.25, 0.3) is 10.9 Å². The van der Waals surface area contributed by atoms with E-state index in [1.165, 1.54) is 0 Å². The zero-order valence-electron chi connectivity index (χ0n) is 14.1. The highest BCUT2D eigenvalue weighted by atomic mass is 16.2. The molecule has 0 radical (unpaired) electrons. The van der Waals surface area contributed by atoms with Gasteiger partial charge in [-0.3, -0.25) is 14.7 Å². The molecule has 7 nitrogen and oxygen atoms in total. The Bertz CT molecular complexity index is 794. The minimum atomic E-state index is -0.0814. The SMILES string of the molecule is NC1CCCC1C(=O)N1CCN(C(=O)c2n[nH]c3ccccc23)CC1. The average molecular weight is 341 g/mol. The molecule has 1 saturated carbocycles. The molecule has 2 heterocycles. The zero-order valence-corrected chi connectivity index (χ0v) is 14.1. The van der Waals surface area contributed by atoms with E-state index in [1.807, 2.05) is 29.2 Å². The van der Waals surface area contributed by atoms with Gasteiger partial charge in [-0.05, 0) is 18.9 Å². The maximum Gasteiger partial charge on any atom is 0.275 e. The Labute approximate surface area is 146 Å². The van der Waals surface area contributed by atoms with Gasteiger partial charge in [0.25, 0.3) is 5.91 Å². The summed E-state index contributed by atoms with van der Waals surface area (Å²) in [6.45, 7) is 2.20. The van der Waals surface area contributed by atoms with Crippen molar-refractivity contribution in [3.8, 4) is 0 Å². The number of para-hydroxylation sites is 1. The summed E-state index contributed by atoms with van der Waals surface area (Å²) >= 11 is 0. The Morgan fingerprint density at radius 1 is 1.08 bits per heavy atom. The Balaban J connectivity index is 1.41. The number of benzene rings is 1. The highest BCUT2D eigenvalue weighted by molar-refractivity contribution is 6.04. The molecule has 1 aliphatic carbocycles. The molecule has 0 bridgehead atoms. The Morgan fingerprint density at radius 3 is 2.52 bits per heavy atom. The van der Waals surface area contributed by atoms with Gasteiger partial charge < -0.3 is 15.5 Å². The Morgan fingerprint density at radius 2 is 1.80 bits per heavy atom. The van der Waals surface area contributed by atoms with Crippen LogP contribution in [0.3, 0.4) is 0 Å². The van der Waals surface area contributed by atoms with Crippen LogP contribution < -0.4 is 5.73 Å². The number of fused-ring (bicyclic) bond motifs is 1. The molecule has 2 aromatic rings. The number of aromatic nitrogens is 2. The number of nitrogens with one attached hydrogen (secondary N) is 1. The number of amides is 2. The van der Waals surface area contributed by atoms with Crippen LogP contribution in [0.2, 0.25) is 0 Å². The smallest absolute Gasteiger partial charge is 0.275 e. The summed E-state index contributed by atoms with van der Waals surface area (Å²) in [6, 6.07) is 7.60. The third-order valence-corrected chi connectivity index (χ3v) is 5.44. The summed E-state index contributed by atoms with van der Waals surface area (Å²) < 4.78 is 0. The quantitative estimate of drug-likeness (QED) is 0.851. The van der Waals surface area contributed by atoms with E-state index in [9.17, 15) is 9.59 Å². The van der Waals surface area contributed by atoms with E-state index >= 15 is 0 Å². The van der Waals surface area contributed by atoms with Crippen LogP contribution in [0, 0.1) is 5.92 Å². The van der Waals surface area contributed by atoms with Gasteiger partial charge in [0.1, 0.15) is 0 Å². The minimum Gasteiger partial charge on any atom is -0.339 e. The molecule has 4 rings (SSSR count). The molecule has 3 N–H and O–H groups in total. The monoisotopic (exact) mass is 341 g/mol. The van der Waals surface area contributed by atoms with Crippen molar-refractivity contribution in [1.29, 1.82) is 0 Å². The van der Waals surface area contributed by atoms with Crippen molar-refractivity contribution in [1.82, 2.24) is 20.0 Å². The number of nitrogens with two attached hydrogens (primary N) is 1. The maximum atomic E-state index is 12.8. The van der Waals surface area contributed by atoms with Crippen molar-refractivity contribution in [2.24, 2.45) is 11.7 Å². The van der Waals surface area contributed by atoms with Crippen molar-refractivity contribution < 1.29 is 9.59 Å². The number of aromatic amines is 1. The molecule has 132 valence electrons. The largest absolute Gasteiger partial charge is 0.339 e. The van der Waals surface area contributed by atoms with E-state index in [-0.39, 0.29) is 23.8 Å². The standard InChI is InChI=1S/C18H23N5O2/c19-14-6-3-5-12(14)17(24)22-8-10-23(11-9-22)18(25)16-13-4-1-2-7-15(13)20-21-16/h1-2,4,7,12,14H,3,5-6,8-11,19H2,(H,20,21). The molecule has 1 saturated heterocycles. The molecule has 25 heavy (non-hydrogen) atoms. The van der Waals surface area contributed by atoms with E-state index in [2.05, 4.69) is 10.2 Å².